The first-order chi connectivity index (χ1) is 15.2. The number of hydrogen-bond acceptors (Lipinski definition) is 7. The number of aryl methyl sites for hydroxylation is 1. The number of hydrogen-bond donors (Lipinski definition) is 1. The molecular formula is C22H19N5O2S2. The highest BCUT2D eigenvalue weighted by molar-refractivity contribution is 7.99. The topological polar surface area (TPSA) is 87.4 Å². The molecule has 1 aliphatic rings. The third-order valence-corrected chi connectivity index (χ3v) is 6.68. The number of benzene rings is 1. The Hall–Kier alpha value is -3.17. The van der Waals surface area contributed by atoms with Crippen LogP contribution in [0.1, 0.15) is 29.3 Å². The summed E-state index contributed by atoms with van der Waals surface area (Å²) < 4.78 is 5.61. The van der Waals surface area contributed by atoms with E-state index in [0.717, 1.165) is 21.9 Å². The number of nitrogens with zero attached hydrogens (tertiary/aromatic N) is 4. The molecule has 1 atom stereocenters. The Kier molecular flexibility index (Phi) is 5.44. The van der Waals surface area contributed by atoms with Crippen molar-refractivity contribution in [2.24, 2.45) is 5.10 Å². The van der Waals surface area contributed by atoms with Crippen molar-refractivity contribution in [2.75, 3.05) is 5.75 Å². The molecule has 4 heterocycles. The Morgan fingerprint density at radius 3 is 2.87 bits per heavy atom. The highest BCUT2D eigenvalue weighted by Crippen LogP contribution is 2.34. The second-order valence-electron chi connectivity index (χ2n) is 7.12. The number of thiophene rings is 1. The van der Waals surface area contributed by atoms with E-state index >= 15 is 0 Å². The number of carbonyl (C=O) groups is 1. The van der Waals surface area contributed by atoms with Crippen LogP contribution in [0.5, 0.6) is 0 Å². The van der Waals surface area contributed by atoms with Gasteiger partial charge in [-0.1, -0.05) is 47.7 Å². The summed E-state index contributed by atoms with van der Waals surface area (Å²) >= 11 is 2.88. The van der Waals surface area contributed by atoms with Gasteiger partial charge in [-0.3, -0.25) is 9.89 Å². The maximum Gasteiger partial charge on any atom is 0.253 e. The Morgan fingerprint density at radius 2 is 2.13 bits per heavy atom. The highest BCUT2D eigenvalue weighted by Gasteiger charge is 2.34. The molecule has 31 heavy (non-hydrogen) atoms. The summed E-state index contributed by atoms with van der Waals surface area (Å²) in [4.78, 5) is 18.6. The zero-order chi connectivity index (χ0) is 21.2. The van der Waals surface area contributed by atoms with Crippen LogP contribution in [-0.2, 0) is 4.79 Å². The Labute approximate surface area is 187 Å². The smallest absolute Gasteiger partial charge is 0.253 e. The number of furan rings is 1. The fraction of sp³-hybridized carbons (Fsp3) is 0.182. The van der Waals surface area contributed by atoms with Crippen molar-refractivity contribution in [2.45, 2.75) is 24.5 Å². The van der Waals surface area contributed by atoms with Crippen LogP contribution < -0.4 is 0 Å². The minimum Gasteiger partial charge on any atom is -0.467 e. The van der Waals surface area contributed by atoms with Crippen LogP contribution in [0.15, 0.2) is 74.8 Å². The molecule has 0 fully saturated rings. The van der Waals surface area contributed by atoms with Crippen LogP contribution in [0.3, 0.4) is 0 Å². The van der Waals surface area contributed by atoms with E-state index in [1.165, 1.54) is 22.3 Å². The molecule has 0 aliphatic carbocycles. The molecule has 5 rings (SSSR count). The summed E-state index contributed by atoms with van der Waals surface area (Å²) in [6.45, 7) is 2.05. The van der Waals surface area contributed by atoms with E-state index in [4.69, 9.17) is 4.42 Å². The van der Waals surface area contributed by atoms with Crippen molar-refractivity contribution < 1.29 is 9.21 Å². The molecule has 3 aromatic heterocycles. The Bertz CT molecular complexity index is 1200. The molecule has 1 amide bonds. The molecule has 9 heteroatoms. The SMILES string of the molecule is Cc1ccc(C2=NN(C(=O)CSc3n[nH]c(-c4cccs4)n3)[C@H](c3ccco3)C2)cc1. The van der Waals surface area contributed by atoms with E-state index < -0.39 is 0 Å². The number of rotatable bonds is 6. The van der Waals surface area contributed by atoms with Gasteiger partial charge in [0.05, 0.1) is 22.6 Å². The molecule has 1 aliphatic heterocycles. The van der Waals surface area contributed by atoms with Crippen molar-refractivity contribution in [1.29, 1.82) is 0 Å². The first-order valence-corrected chi connectivity index (χ1v) is 11.6. The van der Waals surface area contributed by atoms with Gasteiger partial charge in [0.15, 0.2) is 5.82 Å². The second-order valence-corrected chi connectivity index (χ2v) is 9.01. The van der Waals surface area contributed by atoms with E-state index in [-0.39, 0.29) is 17.7 Å². The lowest BCUT2D eigenvalue weighted by atomic mass is 10.0. The van der Waals surface area contributed by atoms with Crippen LogP contribution in [0.4, 0.5) is 0 Å². The summed E-state index contributed by atoms with van der Waals surface area (Å²) in [7, 11) is 0. The third-order valence-electron chi connectivity index (χ3n) is 4.97. The fourth-order valence-corrected chi connectivity index (χ4v) is 4.70. The zero-order valence-electron chi connectivity index (χ0n) is 16.7. The van der Waals surface area contributed by atoms with Gasteiger partial charge in [-0.25, -0.2) is 9.99 Å². The maximum atomic E-state index is 13.1. The fourth-order valence-electron chi connectivity index (χ4n) is 3.39. The van der Waals surface area contributed by atoms with Crippen molar-refractivity contribution >= 4 is 34.7 Å². The van der Waals surface area contributed by atoms with E-state index in [9.17, 15) is 4.79 Å². The van der Waals surface area contributed by atoms with Crippen molar-refractivity contribution in [3.8, 4) is 10.7 Å². The summed E-state index contributed by atoms with van der Waals surface area (Å²) in [5.41, 5.74) is 3.07. The van der Waals surface area contributed by atoms with Crippen LogP contribution >= 0.6 is 23.1 Å². The average molecular weight is 450 g/mol. The van der Waals surface area contributed by atoms with E-state index in [1.807, 2.05) is 48.7 Å². The molecule has 0 radical (unpaired) electrons. The molecule has 7 nitrogen and oxygen atoms in total. The third kappa shape index (κ3) is 4.19. The van der Waals surface area contributed by atoms with Gasteiger partial charge >= 0.3 is 0 Å². The van der Waals surface area contributed by atoms with Crippen molar-refractivity contribution in [1.82, 2.24) is 20.2 Å². The van der Waals surface area contributed by atoms with Gasteiger partial charge in [-0.15, -0.1) is 16.4 Å². The molecule has 0 saturated heterocycles. The van der Waals surface area contributed by atoms with Crippen molar-refractivity contribution in [3.63, 3.8) is 0 Å². The summed E-state index contributed by atoms with van der Waals surface area (Å²) in [6, 6.07) is 15.6. The number of aromatic amines is 1. The molecule has 156 valence electrons. The largest absolute Gasteiger partial charge is 0.467 e. The molecular weight excluding hydrogens is 430 g/mol. The first kappa shape index (κ1) is 19.8. The van der Waals surface area contributed by atoms with Crippen LogP contribution in [0, 0.1) is 6.92 Å². The van der Waals surface area contributed by atoms with Crippen LogP contribution in [-0.4, -0.2) is 37.6 Å². The second kappa shape index (κ2) is 8.52. The highest BCUT2D eigenvalue weighted by atomic mass is 32.2. The minimum absolute atomic E-state index is 0.115. The summed E-state index contributed by atoms with van der Waals surface area (Å²) in [6.07, 6.45) is 2.23. The quantitative estimate of drug-likeness (QED) is 0.423. The van der Waals surface area contributed by atoms with Gasteiger partial charge in [0.25, 0.3) is 5.91 Å². The summed E-state index contributed by atoms with van der Waals surface area (Å²) in [5, 5.41) is 15.9. The molecule has 1 N–H and O–H groups in total. The minimum atomic E-state index is -0.256. The molecule has 0 unspecified atom stereocenters. The predicted molar refractivity (Wildman–Crippen MR) is 121 cm³/mol. The number of nitrogens with one attached hydrogen (secondary N) is 1. The normalized spacial score (nSPS) is 16.0. The lowest BCUT2D eigenvalue weighted by Gasteiger charge is -2.19. The van der Waals surface area contributed by atoms with Crippen LogP contribution in [0.2, 0.25) is 0 Å². The molecule has 4 aromatic rings. The number of carbonyl (C=O) groups excluding carboxylic acids is 1. The predicted octanol–water partition coefficient (Wildman–Crippen LogP) is 4.90. The number of H-pyrrole nitrogens is 1. The van der Waals surface area contributed by atoms with E-state index in [0.29, 0.717) is 17.4 Å². The molecule has 0 spiro atoms. The van der Waals surface area contributed by atoms with Gasteiger partial charge in [-0.2, -0.15) is 5.10 Å². The van der Waals surface area contributed by atoms with Crippen molar-refractivity contribution in [3.05, 3.63) is 77.1 Å². The standard InChI is InChI=1S/C22H19N5O2S2/c1-14-6-8-15(9-7-14)16-12-17(18-4-2-10-29-18)27(26-16)20(28)13-31-22-23-21(24-25-22)19-5-3-11-30-19/h2-11,17H,12-13H2,1H3,(H,23,24,25)/t17-/m0/s1. The number of thioether (sulfide) groups is 1. The Morgan fingerprint density at radius 1 is 1.26 bits per heavy atom. The van der Waals surface area contributed by atoms with Gasteiger partial charge in [0.1, 0.15) is 11.8 Å². The number of aromatic nitrogens is 3. The van der Waals surface area contributed by atoms with Gasteiger partial charge < -0.3 is 4.42 Å². The average Bonchev–Trinajstić information content (AvgIpc) is 3.58. The van der Waals surface area contributed by atoms with Gasteiger partial charge in [-0.05, 0) is 36.1 Å². The maximum absolute atomic E-state index is 13.1. The summed E-state index contributed by atoms with van der Waals surface area (Å²) in [5.74, 6) is 1.50. The lowest BCUT2D eigenvalue weighted by Crippen LogP contribution is -2.28. The van der Waals surface area contributed by atoms with E-state index in [1.54, 1.807) is 17.6 Å². The number of hydrazone groups is 1. The lowest BCUT2D eigenvalue weighted by molar-refractivity contribution is -0.130. The van der Waals surface area contributed by atoms with Gasteiger partial charge in [0.2, 0.25) is 5.16 Å². The van der Waals surface area contributed by atoms with Gasteiger partial charge in [0, 0.05) is 6.42 Å². The van der Waals surface area contributed by atoms with Crippen LogP contribution in [0.25, 0.3) is 10.7 Å². The van der Waals surface area contributed by atoms with E-state index in [2.05, 4.69) is 32.4 Å². The molecule has 0 bridgehead atoms. The molecule has 0 saturated carbocycles. The molecule has 1 aromatic carbocycles. The monoisotopic (exact) mass is 449 g/mol. The number of amides is 1. The first-order valence-electron chi connectivity index (χ1n) is 9.76. The Balaban J connectivity index is 1.33. The zero-order valence-corrected chi connectivity index (χ0v) is 18.3.